The maximum Gasteiger partial charge on any atom is 0.328 e. The normalized spacial score (nSPS) is 18.4. The lowest BCUT2D eigenvalue weighted by atomic mass is 9.85. The average Bonchev–Trinajstić information content (AvgIpc) is 3.47. The van der Waals surface area contributed by atoms with E-state index in [1.54, 1.807) is 18.7 Å². The van der Waals surface area contributed by atoms with E-state index in [2.05, 4.69) is 35.0 Å². The second-order valence-corrected chi connectivity index (χ2v) is 9.74. The van der Waals surface area contributed by atoms with Gasteiger partial charge in [0.05, 0.1) is 12.8 Å². The van der Waals surface area contributed by atoms with Gasteiger partial charge in [0, 0.05) is 38.6 Å². The Morgan fingerprint density at radius 2 is 1.81 bits per heavy atom. The molecular formula is C29H32N4O3. The number of likely N-dealkylation sites (tertiary alicyclic amines) is 1. The maximum atomic E-state index is 13.9. The molecule has 7 heteroatoms. The molecule has 5 rings (SSSR count). The minimum Gasteiger partial charge on any atom is -0.465 e. The van der Waals surface area contributed by atoms with E-state index in [0.717, 1.165) is 42.9 Å². The molecule has 3 amide bonds. The lowest BCUT2D eigenvalue weighted by molar-refractivity contribution is -0.136. The predicted molar refractivity (Wildman–Crippen MR) is 138 cm³/mol. The van der Waals surface area contributed by atoms with Gasteiger partial charge in [-0.05, 0) is 61.6 Å². The quantitative estimate of drug-likeness (QED) is 0.437. The summed E-state index contributed by atoms with van der Waals surface area (Å²) < 4.78 is 5.44. The summed E-state index contributed by atoms with van der Waals surface area (Å²) in [6, 6.07) is 17.5. The topological polar surface area (TPSA) is 69.9 Å². The zero-order valence-electron chi connectivity index (χ0n) is 20.7. The van der Waals surface area contributed by atoms with E-state index in [0.29, 0.717) is 19.4 Å². The number of carbonyl (C=O) groups excluding carboxylic acids is 2. The van der Waals surface area contributed by atoms with Crippen LogP contribution in [0.4, 0.5) is 4.79 Å². The Bertz CT molecular complexity index is 1200. The van der Waals surface area contributed by atoms with Crippen molar-refractivity contribution >= 4 is 18.0 Å². The van der Waals surface area contributed by atoms with Gasteiger partial charge in [0.25, 0.3) is 5.91 Å². The van der Waals surface area contributed by atoms with Crippen molar-refractivity contribution < 1.29 is 14.0 Å². The van der Waals surface area contributed by atoms with Gasteiger partial charge in [-0.1, -0.05) is 42.0 Å². The Balaban J connectivity index is 1.33. The molecule has 2 aliphatic rings. The van der Waals surface area contributed by atoms with Gasteiger partial charge in [-0.3, -0.25) is 19.6 Å². The fraction of sp³-hybridized carbons (Fsp3) is 0.345. The zero-order valence-corrected chi connectivity index (χ0v) is 20.7. The first-order valence-electron chi connectivity index (χ1n) is 12.5. The third-order valence-electron chi connectivity index (χ3n) is 7.24. The highest BCUT2D eigenvalue weighted by molar-refractivity contribution is 6.07. The lowest BCUT2D eigenvalue weighted by Gasteiger charge is -2.42. The van der Waals surface area contributed by atoms with E-state index in [4.69, 9.17) is 4.42 Å². The predicted octanol–water partition coefficient (Wildman–Crippen LogP) is 4.62. The highest BCUT2D eigenvalue weighted by Gasteiger charge is 2.57. The van der Waals surface area contributed by atoms with Gasteiger partial charge >= 0.3 is 6.03 Å². The molecule has 186 valence electrons. The van der Waals surface area contributed by atoms with E-state index in [1.807, 2.05) is 47.4 Å². The Kier molecular flexibility index (Phi) is 7.00. The van der Waals surface area contributed by atoms with Crippen molar-refractivity contribution in [3.8, 4) is 0 Å². The van der Waals surface area contributed by atoms with Crippen LogP contribution >= 0.6 is 0 Å². The molecule has 36 heavy (non-hydrogen) atoms. The first-order valence-corrected chi connectivity index (χ1v) is 12.5. The minimum absolute atomic E-state index is 0.0769. The van der Waals surface area contributed by atoms with Gasteiger partial charge in [-0.2, -0.15) is 0 Å². The molecule has 0 aliphatic carbocycles. The van der Waals surface area contributed by atoms with Gasteiger partial charge in [0.2, 0.25) is 0 Å². The number of pyridine rings is 1. The van der Waals surface area contributed by atoms with Crippen LogP contribution in [0.3, 0.4) is 0 Å². The summed E-state index contributed by atoms with van der Waals surface area (Å²) in [5, 5.41) is 0. The lowest BCUT2D eigenvalue weighted by Crippen LogP contribution is -2.57. The second-order valence-electron chi connectivity index (χ2n) is 9.74. The van der Waals surface area contributed by atoms with E-state index in [-0.39, 0.29) is 18.5 Å². The van der Waals surface area contributed by atoms with E-state index >= 15 is 0 Å². The minimum atomic E-state index is -0.788. The number of piperidine rings is 1. The average molecular weight is 485 g/mol. The molecule has 7 nitrogen and oxygen atoms in total. The van der Waals surface area contributed by atoms with Crippen LogP contribution in [-0.4, -0.2) is 63.3 Å². The molecule has 4 heterocycles. The highest BCUT2D eigenvalue weighted by atomic mass is 16.3. The van der Waals surface area contributed by atoms with Gasteiger partial charge in [0.1, 0.15) is 11.3 Å². The number of rotatable bonds is 8. The number of nitrogens with zero attached hydrogens (tertiary/aromatic N) is 4. The standard InChI is InChI=1S/C29H32N4O3/c1-23(19-26-10-6-18-36-26)21-31-16-12-29(13-17-31)27(34)32(22-25-9-5-14-30-20-25)28(35)33(29)15-11-24-7-3-2-4-8-24/h2-10,14,18-20H,11-13,15-17,21-22H2,1H3. The second kappa shape index (κ2) is 10.5. The summed E-state index contributed by atoms with van der Waals surface area (Å²) in [5.74, 6) is 0.766. The SMILES string of the molecule is CC(=Cc1ccco1)CN1CCC2(CC1)C(=O)N(Cc1cccnc1)C(=O)N2CCc1ccccc1. The highest BCUT2D eigenvalue weighted by Crippen LogP contribution is 2.38. The molecule has 2 aromatic heterocycles. The van der Waals surface area contributed by atoms with Crippen LogP contribution in [0.1, 0.15) is 36.7 Å². The first kappa shape index (κ1) is 24.0. The molecule has 1 spiro atoms. The molecule has 1 aromatic carbocycles. The zero-order chi connectivity index (χ0) is 25.0. The number of furan rings is 1. The fourth-order valence-corrected chi connectivity index (χ4v) is 5.37. The maximum absolute atomic E-state index is 13.9. The molecule has 2 saturated heterocycles. The van der Waals surface area contributed by atoms with Crippen LogP contribution in [0, 0.1) is 0 Å². The third-order valence-corrected chi connectivity index (χ3v) is 7.24. The van der Waals surface area contributed by atoms with Crippen molar-refractivity contribution in [2.75, 3.05) is 26.2 Å². The van der Waals surface area contributed by atoms with Crippen molar-refractivity contribution in [1.82, 2.24) is 19.7 Å². The monoisotopic (exact) mass is 484 g/mol. The van der Waals surface area contributed by atoms with Crippen molar-refractivity contribution in [3.05, 3.63) is 95.7 Å². The van der Waals surface area contributed by atoms with Gasteiger partial charge < -0.3 is 9.32 Å². The van der Waals surface area contributed by atoms with Gasteiger partial charge in [0.15, 0.2) is 0 Å². The first-order chi connectivity index (χ1) is 17.5. The smallest absolute Gasteiger partial charge is 0.328 e. The summed E-state index contributed by atoms with van der Waals surface area (Å²) >= 11 is 0. The van der Waals surface area contributed by atoms with Gasteiger partial charge in [-0.15, -0.1) is 0 Å². The summed E-state index contributed by atoms with van der Waals surface area (Å²) in [4.78, 5) is 37.3. The van der Waals surface area contributed by atoms with Crippen LogP contribution in [0.5, 0.6) is 0 Å². The van der Waals surface area contributed by atoms with Crippen molar-refractivity contribution in [3.63, 3.8) is 0 Å². The number of imide groups is 1. The van der Waals surface area contributed by atoms with Crippen molar-refractivity contribution in [2.45, 2.75) is 38.3 Å². The number of carbonyl (C=O) groups is 2. The van der Waals surface area contributed by atoms with Gasteiger partial charge in [-0.25, -0.2) is 4.79 Å². The number of amides is 3. The molecule has 0 unspecified atom stereocenters. The summed E-state index contributed by atoms with van der Waals surface area (Å²) in [5.41, 5.74) is 2.43. The fourth-order valence-electron chi connectivity index (χ4n) is 5.37. The summed E-state index contributed by atoms with van der Waals surface area (Å²) in [7, 11) is 0. The number of benzene rings is 1. The largest absolute Gasteiger partial charge is 0.465 e. The molecule has 0 atom stereocenters. The molecule has 2 aliphatic heterocycles. The van der Waals surface area contributed by atoms with E-state index in [9.17, 15) is 9.59 Å². The molecule has 0 saturated carbocycles. The number of hydrogen-bond acceptors (Lipinski definition) is 5. The molecule has 0 N–H and O–H groups in total. The molecule has 0 radical (unpaired) electrons. The number of aromatic nitrogens is 1. The van der Waals surface area contributed by atoms with Crippen LogP contribution in [0.15, 0.2) is 83.2 Å². The number of hydrogen-bond donors (Lipinski definition) is 0. The number of urea groups is 1. The Morgan fingerprint density at radius 1 is 1.03 bits per heavy atom. The van der Waals surface area contributed by atoms with E-state index in [1.165, 1.54) is 10.5 Å². The van der Waals surface area contributed by atoms with Crippen LogP contribution in [0.25, 0.3) is 6.08 Å². The van der Waals surface area contributed by atoms with Crippen LogP contribution in [0.2, 0.25) is 0 Å². The van der Waals surface area contributed by atoms with Crippen molar-refractivity contribution in [2.24, 2.45) is 0 Å². The third kappa shape index (κ3) is 4.97. The molecule has 3 aromatic rings. The Labute approximate surface area is 212 Å². The van der Waals surface area contributed by atoms with Crippen LogP contribution in [-0.2, 0) is 17.8 Å². The Hall–Kier alpha value is -3.71. The Morgan fingerprint density at radius 3 is 2.50 bits per heavy atom. The molecule has 0 bridgehead atoms. The summed E-state index contributed by atoms with van der Waals surface area (Å²) in [6.45, 7) is 5.19. The molecule has 2 fully saturated rings. The van der Waals surface area contributed by atoms with Crippen molar-refractivity contribution in [1.29, 1.82) is 0 Å². The van der Waals surface area contributed by atoms with Crippen LogP contribution < -0.4 is 0 Å². The van der Waals surface area contributed by atoms with E-state index < -0.39 is 5.54 Å². The summed E-state index contributed by atoms with van der Waals surface area (Å²) in [6.07, 6.45) is 9.12. The molecular weight excluding hydrogens is 452 g/mol.